The molecule has 0 amide bonds. The van der Waals surface area contributed by atoms with Gasteiger partial charge in [0.1, 0.15) is 0 Å². The minimum absolute atomic E-state index is 0.235. The Balaban J connectivity index is 2.02. The lowest BCUT2D eigenvalue weighted by Crippen LogP contribution is -2.35. The Morgan fingerprint density at radius 1 is 1.37 bits per heavy atom. The molecule has 0 spiro atoms. The van der Waals surface area contributed by atoms with Gasteiger partial charge in [-0.25, -0.2) is 0 Å². The molecule has 2 rings (SSSR count). The molecule has 0 unspecified atom stereocenters. The van der Waals surface area contributed by atoms with Crippen molar-refractivity contribution in [1.29, 1.82) is 0 Å². The minimum atomic E-state index is 0.235. The highest BCUT2D eigenvalue weighted by atomic mass is 35.5. The van der Waals surface area contributed by atoms with Gasteiger partial charge in [0, 0.05) is 19.1 Å². The predicted octanol–water partition coefficient (Wildman–Crippen LogP) is 3.82. The number of hydrogen-bond donors (Lipinski definition) is 0. The van der Waals surface area contributed by atoms with Crippen LogP contribution in [0.4, 0.5) is 0 Å². The smallest absolute Gasteiger partial charge is 0.0832 e. The summed E-state index contributed by atoms with van der Waals surface area (Å²) in [6.07, 6.45) is 8.00. The largest absolute Gasteiger partial charge is 0.255 e. The van der Waals surface area contributed by atoms with Crippen LogP contribution in [0.25, 0.3) is 0 Å². The molecule has 1 saturated carbocycles. The van der Waals surface area contributed by atoms with Crippen molar-refractivity contribution in [2.45, 2.75) is 52.9 Å². The van der Waals surface area contributed by atoms with Crippen LogP contribution >= 0.6 is 11.6 Å². The molecule has 1 aromatic rings. The number of halogens is 1. The maximum absolute atomic E-state index is 6.30. The van der Waals surface area contributed by atoms with Crippen LogP contribution in [0.1, 0.15) is 52.1 Å². The summed E-state index contributed by atoms with van der Waals surface area (Å²) in [6.45, 7) is 7.07. The van der Waals surface area contributed by atoms with Gasteiger partial charge < -0.3 is 0 Å². The molecule has 108 valence electrons. The molecule has 0 atom stereocenters. The van der Waals surface area contributed by atoms with Crippen molar-refractivity contribution in [1.82, 2.24) is 15.0 Å². The zero-order chi connectivity index (χ0) is 14.1. The number of aromatic nitrogens is 3. The summed E-state index contributed by atoms with van der Waals surface area (Å²) in [5, 5.41) is 8.25. The SMILES string of the molecule is Cn1cc(CC2(CCl)CCC(C(C)(C)C)CC2)nn1. The van der Waals surface area contributed by atoms with E-state index in [1.165, 1.54) is 25.7 Å². The first-order chi connectivity index (χ1) is 8.85. The van der Waals surface area contributed by atoms with E-state index in [9.17, 15) is 0 Å². The summed E-state index contributed by atoms with van der Waals surface area (Å²) in [5.41, 5.74) is 1.74. The van der Waals surface area contributed by atoms with Crippen molar-refractivity contribution in [2.24, 2.45) is 23.8 Å². The molecule has 0 aliphatic heterocycles. The van der Waals surface area contributed by atoms with Gasteiger partial charge in [-0.1, -0.05) is 26.0 Å². The lowest BCUT2D eigenvalue weighted by molar-refractivity contribution is 0.101. The van der Waals surface area contributed by atoms with Crippen molar-refractivity contribution >= 4 is 11.6 Å². The van der Waals surface area contributed by atoms with Gasteiger partial charge in [-0.3, -0.25) is 4.68 Å². The molecule has 1 aromatic heterocycles. The molecular weight excluding hydrogens is 258 g/mol. The molecule has 1 aliphatic rings. The highest BCUT2D eigenvalue weighted by Crippen LogP contribution is 2.47. The monoisotopic (exact) mass is 283 g/mol. The Kier molecular flexibility index (Phi) is 4.24. The van der Waals surface area contributed by atoms with E-state index in [-0.39, 0.29) is 5.41 Å². The number of aryl methyl sites for hydroxylation is 1. The summed E-state index contributed by atoms with van der Waals surface area (Å²) in [7, 11) is 1.92. The first kappa shape index (κ1) is 14.8. The van der Waals surface area contributed by atoms with Crippen molar-refractivity contribution in [3.8, 4) is 0 Å². The average Bonchev–Trinajstić information content (AvgIpc) is 2.74. The van der Waals surface area contributed by atoms with E-state index in [1.807, 2.05) is 13.2 Å². The fraction of sp³-hybridized carbons (Fsp3) is 0.867. The standard InChI is InChI=1S/C15H26ClN3/c1-14(2,3)12-5-7-15(11-16,8-6-12)9-13-10-19(4)18-17-13/h10,12H,5-9,11H2,1-4H3. The van der Waals surface area contributed by atoms with Crippen molar-refractivity contribution in [3.05, 3.63) is 11.9 Å². The highest BCUT2D eigenvalue weighted by Gasteiger charge is 2.38. The molecule has 0 aromatic carbocycles. The second-order valence-corrected chi connectivity index (χ2v) is 7.60. The van der Waals surface area contributed by atoms with Crippen LogP contribution in [0.15, 0.2) is 6.20 Å². The van der Waals surface area contributed by atoms with Crippen molar-refractivity contribution in [2.75, 3.05) is 5.88 Å². The van der Waals surface area contributed by atoms with Gasteiger partial charge in [0.25, 0.3) is 0 Å². The molecule has 0 saturated heterocycles. The second kappa shape index (κ2) is 5.43. The molecule has 4 heteroatoms. The van der Waals surface area contributed by atoms with Gasteiger partial charge >= 0.3 is 0 Å². The lowest BCUT2D eigenvalue weighted by Gasteiger charge is -2.43. The second-order valence-electron chi connectivity index (χ2n) is 7.33. The van der Waals surface area contributed by atoms with E-state index >= 15 is 0 Å². The summed E-state index contributed by atoms with van der Waals surface area (Å²) in [6, 6.07) is 0. The third kappa shape index (κ3) is 3.50. The quantitative estimate of drug-likeness (QED) is 0.790. The molecule has 0 N–H and O–H groups in total. The molecule has 1 heterocycles. The normalized spacial score (nSPS) is 28.6. The Hall–Kier alpha value is -0.570. The molecule has 0 radical (unpaired) electrons. The third-order valence-corrected chi connectivity index (χ3v) is 5.33. The van der Waals surface area contributed by atoms with Gasteiger partial charge in [-0.05, 0) is 48.9 Å². The van der Waals surface area contributed by atoms with Crippen molar-refractivity contribution < 1.29 is 0 Å². The van der Waals surface area contributed by atoms with Crippen LogP contribution in [0.3, 0.4) is 0 Å². The maximum atomic E-state index is 6.30. The Bertz CT molecular complexity index is 411. The molecular formula is C15H26ClN3. The first-order valence-corrected chi connectivity index (χ1v) is 7.79. The van der Waals surface area contributed by atoms with E-state index in [2.05, 4.69) is 31.1 Å². The van der Waals surface area contributed by atoms with E-state index in [0.717, 1.165) is 23.9 Å². The first-order valence-electron chi connectivity index (χ1n) is 7.26. The molecule has 19 heavy (non-hydrogen) atoms. The Morgan fingerprint density at radius 2 is 2.00 bits per heavy atom. The predicted molar refractivity (Wildman–Crippen MR) is 79.3 cm³/mol. The Labute approximate surface area is 121 Å². The van der Waals surface area contributed by atoms with E-state index < -0.39 is 0 Å². The van der Waals surface area contributed by atoms with Gasteiger partial charge in [0.2, 0.25) is 0 Å². The van der Waals surface area contributed by atoms with Crippen LogP contribution in [-0.2, 0) is 13.5 Å². The van der Waals surface area contributed by atoms with Crippen molar-refractivity contribution in [3.63, 3.8) is 0 Å². The number of hydrogen-bond acceptors (Lipinski definition) is 2. The summed E-state index contributed by atoms with van der Waals surface area (Å²) in [4.78, 5) is 0. The topological polar surface area (TPSA) is 30.7 Å². The van der Waals surface area contributed by atoms with E-state index in [4.69, 9.17) is 11.6 Å². The van der Waals surface area contributed by atoms with Gasteiger partial charge in [0.15, 0.2) is 0 Å². The highest BCUT2D eigenvalue weighted by molar-refractivity contribution is 6.18. The van der Waals surface area contributed by atoms with Gasteiger partial charge in [-0.15, -0.1) is 16.7 Å². The average molecular weight is 284 g/mol. The molecule has 1 fully saturated rings. The zero-order valence-corrected chi connectivity index (χ0v) is 13.4. The van der Waals surface area contributed by atoms with Crippen LogP contribution < -0.4 is 0 Å². The van der Waals surface area contributed by atoms with E-state index in [0.29, 0.717) is 5.41 Å². The van der Waals surface area contributed by atoms with Crippen LogP contribution in [-0.4, -0.2) is 20.9 Å². The zero-order valence-electron chi connectivity index (χ0n) is 12.6. The van der Waals surface area contributed by atoms with Crippen LogP contribution in [0.2, 0.25) is 0 Å². The summed E-state index contributed by atoms with van der Waals surface area (Å²) < 4.78 is 1.78. The maximum Gasteiger partial charge on any atom is 0.0832 e. The summed E-state index contributed by atoms with van der Waals surface area (Å²) >= 11 is 6.30. The third-order valence-electron chi connectivity index (χ3n) is 4.76. The molecule has 3 nitrogen and oxygen atoms in total. The van der Waals surface area contributed by atoms with E-state index in [1.54, 1.807) is 4.68 Å². The Morgan fingerprint density at radius 3 is 2.42 bits per heavy atom. The summed E-state index contributed by atoms with van der Waals surface area (Å²) in [5.74, 6) is 1.56. The van der Waals surface area contributed by atoms with Crippen LogP contribution in [0, 0.1) is 16.7 Å². The van der Waals surface area contributed by atoms with Gasteiger partial charge in [0.05, 0.1) is 5.69 Å². The molecule has 0 bridgehead atoms. The fourth-order valence-corrected chi connectivity index (χ4v) is 3.68. The number of rotatable bonds is 3. The number of alkyl halides is 1. The molecule has 1 aliphatic carbocycles. The van der Waals surface area contributed by atoms with Crippen LogP contribution in [0.5, 0.6) is 0 Å². The number of nitrogens with zero attached hydrogens (tertiary/aromatic N) is 3. The van der Waals surface area contributed by atoms with Gasteiger partial charge in [-0.2, -0.15) is 0 Å². The minimum Gasteiger partial charge on any atom is -0.255 e. The fourth-order valence-electron chi connectivity index (χ4n) is 3.31. The lowest BCUT2D eigenvalue weighted by atomic mass is 9.63.